The second-order valence-corrected chi connectivity index (χ2v) is 5.13. The Balaban J connectivity index is 2.45. The molecule has 0 aromatic heterocycles. The molecule has 0 saturated carbocycles. The second-order valence-electron chi connectivity index (χ2n) is 5.13. The van der Waals surface area contributed by atoms with Gasteiger partial charge in [0.2, 0.25) is 5.91 Å². The third-order valence-electron chi connectivity index (χ3n) is 3.57. The van der Waals surface area contributed by atoms with Gasteiger partial charge in [0.25, 0.3) is 0 Å². The molecule has 5 heteroatoms. The van der Waals surface area contributed by atoms with Crippen molar-refractivity contribution in [2.45, 2.75) is 26.7 Å². The van der Waals surface area contributed by atoms with Crippen LogP contribution in [0, 0.1) is 6.92 Å². The van der Waals surface area contributed by atoms with E-state index in [1.54, 1.807) is 6.07 Å². The number of carbonyl (C=O) groups is 1. The van der Waals surface area contributed by atoms with Crippen LogP contribution in [0.4, 0.5) is 5.69 Å². The van der Waals surface area contributed by atoms with Crippen molar-refractivity contribution in [1.29, 1.82) is 0 Å². The van der Waals surface area contributed by atoms with Crippen LogP contribution in [0.2, 0.25) is 0 Å². The number of nitrogens with two attached hydrogens (primary N) is 1. The summed E-state index contributed by atoms with van der Waals surface area (Å²) >= 11 is 0. The van der Waals surface area contributed by atoms with Gasteiger partial charge in [-0.05, 0) is 37.1 Å². The Morgan fingerprint density at radius 2 is 2.29 bits per heavy atom. The molecule has 21 heavy (non-hydrogen) atoms. The Morgan fingerprint density at radius 1 is 1.52 bits per heavy atom. The van der Waals surface area contributed by atoms with Gasteiger partial charge in [-0.25, -0.2) is 0 Å². The Labute approximate surface area is 125 Å². The van der Waals surface area contributed by atoms with E-state index in [1.165, 1.54) is 0 Å². The van der Waals surface area contributed by atoms with Crippen LogP contribution in [0.25, 0.3) is 0 Å². The van der Waals surface area contributed by atoms with Crippen molar-refractivity contribution in [2.75, 3.05) is 25.1 Å². The highest BCUT2D eigenvalue weighted by Crippen LogP contribution is 2.37. The highest BCUT2D eigenvalue weighted by molar-refractivity contribution is 5.94. The van der Waals surface area contributed by atoms with Crippen molar-refractivity contribution in [3.63, 3.8) is 0 Å². The number of hydrogen-bond donors (Lipinski definition) is 2. The van der Waals surface area contributed by atoms with E-state index in [0.29, 0.717) is 17.9 Å². The van der Waals surface area contributed by atoms with Crippen molar-refractivity contribution in [2.24, 2.45) is 5.73 Å². The maximum Gasteiger partial charge on any atom is 0.248 e. The van der Waals surface area contributed by atoms with Gasteiger partial charge in [0, 0.05) is 12.6 Å². The number of ether oxygens (including phenoxy) is 1. The topological polar surface area (TPSA) is 67.6 Å². The molecule has 5 nitrogen and oxygen atoms in total. The lowest BCUT2D eigenvalue weighted by atomic mass is 10.1. The molecule has 0 bridgehead atoms. The highest BCUT2D eigenvalue weighted by atomic mass is 16.5. The molecular formula is C16H23N3O2. The maximum absolute atomic E-state index is 11.4. The van der Waals surface area contributed by atoms with Gasteiger partial charge in [-0.3, -0.25) is 4.79 Å². The van der Waals surface area contributed by atoms with E-state index < -0.39 is 5.91 Å². The predicted molar refractivity (Wildman–Crippen MR) is 84.6 cm³/mol. The molecule has 0 unspecified atom stereocenters. The second kappa shape index (κ2) is 6.52. The number of hydrogen-bond acceptors (Lipinski definition) is 4. The zero-order chi connectivity index (χ0) is 15.4. The molecule has 0 spiro atoms. The largest absolute Gasteiger partial charge is 0.490 e. The molecular weight excluding hydrogens is 266 g/mol. The fourth-order valence-electron chi connectivity index (χ4n) is 2.57. The van der Waals surface area contributed by atoms with Crippen molar-refractivity contribution >= 4 is 11.6 Å². The number of amides is 1. The van der Waals surface area contributed by atoms with Crippen molar-refractivity contribution < 1.29 is 9.53 Å². The molecule has 0 saturated heterocycles. The molecule has 1 amide bonds. The lowest BCUT2D eigenvalue weighted by molar-refractivity contribution is 0.0999. The summed E-state index contributed by atoms with van der Waals surface area (Å²) in [6, 6.07) is 3.54. The van der Waals surface area contributed by atoms with Crippen LogP contribution in [0.3, 0.4) is 0 Å². The van der Waals surface area contributed by atoms with Gasteiger partial charge in [0.05, 0.1) is 12.2 Å². The van der Waals surface area contributed by atoms with Crippen LogP contribution in [-0.2, 0) is 0 Å². The van der Waals surface area contributed by atoms with E-state index in [-0.39, 0.29) is 0 Å². The Morgan fingerprint density at radius 3 is 2.90 bits per heavy atom. The van der Waals surface area contributed by atoms with E-state index in [4.69, 9.17) is 10.5 Å². The number of nitrogens with one attached hydrogen (secondary N) is 1. The van der Waals surface area contributed by atoms with Crippen LogP contribution >= 0.6 is 0 Å². The molecule has 0 aliphatic carbocycles. The van der Waals surface area contributed by atoms with E-state index in [0.717, 1.165) is 36.5 Å². The first-order chi connectivity index (χ1) is 10.1. The number of primary amides is 1. The zero-order valence-electron chi connectivity index (χ0n) is 12.9. The van der Waals surface area contributed by atoms with E-state index in [9.17, 15) is 4.79 Å². The summed E-state index contributed by atoms with van der Waals surface area (Å²) in [6.07, 6.45) is 4.31. The molecule has 1 aromatic rings. The van der Waals surface area contributed by atoms with E-state index in [2.05, 4.69) is 23.2 Å². The molecule has 3 N–H and O–H groups in total. The lowest BCUT2D eigenvalue weighted by Gasteiger charge is -2.34. The number of benzene rings is 1. The molecule has 0 radical (unpaired) electrons. The van der Waals surface area contributed by atoms with Crippen LogP contribution in [0.1, 0.15) is 35.7 Å². The van der Waals surface area contributed by atoms with Crippen molar-refractivity contribution in [3.05, 3.63) is 35.2 Å². The van der Waals surface area contributed by atoms with Crippen LogP contribution in [-0.4, -0.2) is 26.1 Å². The fraction of sp³-hybridized carbons (Fsp3) is 0.438. The van der Waals surface area contributed by atoms with Crippen molar-refractivity contribution in [1.82, 2.24) is 5.32 Å². The first-order valence-electron chi connectivity index (χ1n) is 7.31. The Kier molecular flexibility index (Phi) is 4.73. The maximum atomic E-state index is 11.4. The molecule has 1 aliphatic heterocycles. The minimum atomic E-state index is -0.433. The molecule has 2 rings (SSSR count). The highest BCUT2D eigenvalue weighted by Gasteiger charge is 2.24. The van der Waals surface area contributed by atoms with Gasteiger partial charge >= 0.3 is 0 Å². The predicted octanol–water partition coefficient (Wildman–Crippen LogP) is 2.15. The standard InChI is InChI=1S/C16H23N3O2/c1-4-5-6-14(18-3)19-7-8-21-13-10-12(16(17)20)9-11(2)15(13)19/h6,9-10,18H,4-5,7-8H2,1-3H3,(H2,17,20)/b14-6+. The minimum Gasteiger partial charge on any atom is -0.490 e. The Hall–Kier alpha value is -2.17. The Bertz CT molecular complexity index is 567. The van der Waals surface area contributed by atoms with Gasteiger partial charge in [0.1, 0.15) is 18.2 Å². The van der Waals surface area contributed by atoms with Crippen LogP contribution in [0.15, 0.2) is 24.0 Å². The van der Waals surface area contributed by atoms with Gasteiger partial charge < -0.3 is 20.7 Å². The summed E-state index contributed by atoms with van der Waals surface area (Å²) in [6.45, 7) is 5.49. The number of aryl methyl sites for hydroxylation is 1. The zero-order valence-corrected chi connectivity index (χ0v) is 12.9. The molecule has 1 heterocycles. The number of fused-ring (bicyclic) bond motifs is 1. The SMILES string of the molecule is CCC/C=C(\NC)N1CCOc2cc(C(N)=O)cc(C)c21. The number of unbranched alkanes of at least 4 members (excludes halogenated alkanes) is 1. The first kappa shape index (κ1) is 15.2. The van der Waals surface area contributed by atoms with Crippen LogP contribution in [0.5, 0.6) is 5.75 Å². The summed E-state index contributed by atoms with van der Waals surface area (Å²) in [4.78, 5) is 13.6. The molecule has 1 aliphatic rings. The third kappa shape index (κ3) is 3.12. The smallest absolute Gasteiger partial charge is 0.248 e. The number of nitrogens with zero attached hydrogens (tertiary/aromatic N) is 1. The first-order valence-corrected chi connectivity index (χ1v) is 7.31. The average Bonchev–Trinajstić information content (AvgIpc) is 2.47. The fourth-order valence-corrected chi connectivity index (χ4v) is 2.57. The summed E-state index contributed by atoms with van der Waals surface area (Å²) < 4.78 is 5.72. The summed E-state index contributed by atoms with van der Waals surface area (Å²) in [7, 11) is 1.92. The van der Waals surface area contributed by atoms with Gasteiger partial charge in [-0.15, -0.1) is 0 Å². The number of carbonyl (C=O) groups excluding carboxylic acids is 1. The summed E-state index contributed by atoms with van der Waals surface area (Å²) in [5.41, 5.74) is 7.84. The summed E-state index contributed by atoms with van der Waals surface area (Å²) in [5.74, 6) is 1.35. The molecule has 0 atom stereocenters. The molecule has 0 fully saturated rings. The quantitative estimate of drug-likeness (QED) is 0.871. The normalized spacial score (nSPS) is 14.4. The minimum absolute atomic E-state index is 0.433. The third-order valence-corrected chi connectivity index (χ3v) is 3.57. The average molecular weight is 289 g/mol. The van der Waals surface area contributed by atoms with Gasteiger partial charge in [-0.2, -0.15) is 0 Å². The monoisotopic (exact) mass is 289 g/mol. The van der Waals surface area contributed by atoms with Gasteiger partial charge in [0.15, 0.2) is 0 Å². The summed E-state index contributed by atoms with van der Waals surface area (Å²) in [5, 5.41) is 3.25. The van der Waals surface area contributed by atoms with E-state index >= 15 is 0 Å². The number of allylic oxidation sites excluding steroid dienone is 1. The van der Waals surface area contributed by atoms with E-state index in [1.807, 2.05) is 20.0 Å². The number of rotatable bonds is 5. The van der Waals surface area contributed by atoms with Crippen LogP contribution < -0.4 is 20.7 Å². The number of anilines is 1. The molecule has 114 valence electrons. The van der Waals surface area contributed by atoms with Gasteiger partial charge in [-0.1, -0.05) is 13.3 Å². The molecule has 1 aromatic carbocycles. The van der Waals surface area contributed by atoms with Crippen molar-refractivity contribution in [3.8, 4) is 5.75 Å². The lowest BCUT2D eigenvalue weighted by Crippen LogP contribution is -2.37.